The highest BCUT2D eigenvalue weighted by Gasteiger charge is 2.08. The van der Waals surface area contributed by atoms with Gasteiger partial charge in [-0.05, 0) is 43.4 Å². The Morgan fingerprint density at radius 1 is 1.37 bits per heavy atom. The lowest BCUT2D eigenvalue weighted by molar-refractivity contribution is 0.0978. The molecule has 5 nitrogen and oxygen atoms in total. The van der Waals surface area contributed by atoms with E-state index in [-0.39, 0.29) is 11.0 Å². The number of nitrogens with one attached hydrogen (secondary N) is 3. The maximum absolute atomic E-state index is 11.9. The van der Waals surface area contributed by atoms with E-state index in [0.29, 0.717) is 16.4 Å². The predicted octanol–water partition coefficient (Wildman–Crippen LogP) is 2.50. The van der Waals surface area contributed by atoms with Crippen LogP contribution in [-0.2, 0) is 0 Å². The average Bonchev–Trinajstić information content (AvgIpc) is 2.75. The van der Waals surface area contributed by atoms with Crippen LogP contribution in [0.2, 0.25) is 5.02 Å². The molecule has 0 aliphatic rings. The maximum Gasteiger partial charge on any atom is 0.257 e. The van der Waals surface area contributed by atoms with Crippen LogP contribution in [0.1, 0.15) is 16.1 Å². The van der Waals surface area contributed by atoms with E-state index < -0.39 is 0 Å². The largest absolute Gasteiger partial charge is 0.316 e. The van der Waals surface area contributed by atoms with Gasteiger partial charge < -0.3 is 5.32 Å². The van der Waals surface area contributed by atoms with Gasteiger partial charge in [0.25, 0.3) is 5.91 Å². The third kappa shape index (κ3) is 3.77. The third-order valence-electron chi connectivity index (χ3n) is 2.28. The zero-order valence-corrected chi connectivity index (χ0v) is 11.6. The van der Waals surface area contributed by atoms with Gasteiger partial charge >= 0.3 is 0 Å². The number of aromatic nitrogens is 2. The van der Waals surface area contributed by atoms with E-state index in [4.69, 9.17) is 23.8 Å². The first-order valence-electron chi connectivity index (χ1n) is 5.44. The van der Waals surface area contributed by atoms with E-state index in [1.54, 1.807) is 30.3 Å². The number of hydrogen-bond donors (Lipinski definition) is 3. The Morgan fingerprint density at radius 3 is 2.63 bits per heavy atom. The van der Waals surface area contributed by atoms with E-state index in [1.807, 2.05) is 6.92 Å². The van der Waals surface area contributed by atoms with Gasteiger partial charge in [-0.3, -0.25) is 15.2 Å². The number of halogens is 1. The van der Waals surface area contributed by atoms with Crippen LogP contribution < -0.4 is 10.6 Å². The fourth-order valence-corrected chi connectivity index (χ4v) is 1.73. The van der Waals surface area contributed by atoms with Gasteiger partial charge in [-0.15, -0.1) is 0 Å². The second-order valence-corrected chi connectivity index (χ2v) is 4.70. The Labute approximate surface area is 120 Å². The number of aromatic amines is 1. The summed E-state index contributed by atoms with van der Waals surface area (Å²) in [4.78, 5) is 11.9. The number of nitrogens with zero attached hydrogens (tertiary/aromatic N) is 1. The molecule has 7 heteroatoms. The third-order valence-corrected chi connectivity index (χ3v) is 2.74. The summed E-state index contributed by atoms with van der Waals surface area (Å²) < 4.78 is 0. The molecule has 0 aliphatic heterocycles. The number of hydrogen-bond acceptors (Lipinski definition) is 3. The van der Waals surface area contributed by atoms with Crippen LogP contribution in [0.3, 0.4) is 0 Å². The van der Waals surface area contributed by atoms with Crippen LogP contribution in [-0.4, -0.2) is 21.2 Å². The lowest BCUT2D eigenvalue weighted by Crippen LogP contribution is -2.34. The van der Waals surface area contributed by atoms with Gasteiger partial charge in [-0.1, -0.05) is 11.6 Å². The summed E-state index contributed by atoms with van der Waals surface area (Å²) in [5.41, 5.74) is 1.38. The topological polar surface area (TPSA) is 69.8 Å². The van der Waals surface area contributed by atoms with Crippen molar-refractivity contribution >= 4 is 40.7 Å². The molecular formula is C12H11ClN4OS. The Hall–Kier alpha value is -1.92. The number of H-pyrrole nitrogens is 1. The van der Waals surface area contributed by atoms with Gasteiger partial charge in [-0.25, -0.2) is 0 Å². The predicted molar refractivity (Wildman–Crippen MR) is 78.5 cm³/mol. The molecule has 2 rings (SSSR count). The number of rotatable bonds is 2. The second-order valence-electron chi connectivity index (χ2n) is 3.85. The molecule has 0 atom stereocenters. The summed E-state index contributed by atoms with van der Waals surface area (Å²) in [6.07, 6.45) is 0. The molecule has 98 valence electrons. The monoisotopic (exact) mass is 294 g/mol. The van der Waals surface area contributed by atoms with Crippen molar-refractivity contribution in [1.29, 1.82) is 0 Å². The number of thiocarbonyl (C=S) groups is 1. The van der Waals surface area contributed by atoms with Crippen molar-refractivity contribution in [2.75, 3.05) is 5.32 Å². The molecule has 1 amide bonds. The van der Waals surface area contributed by atoms with E-state index in [2.05, 4.69) is 20.8 Å². The van der Waals surface area contributed by atoms with Crippen molar-refractivity contribution < 1.29 is 4.79 Å². The minimum atomic E-state index is -0.304. The van der Waals surface area contributed by atoms with Crippen LogP contribution in [0.4, 0.5) is 5.82 Å². The number of anilines is 1. The summed E-state index contributed by atoms with van der Waals surface area (Å²) in [5, 5.41) is 12.8. The van der Waals surface area contributed by atoms with Crippen molar-refractivity contribution in [2.45, 2.75) is 6.92 Å². The molecule has 1 heterocycles. The molecule has 19 heavy (non-hydrogen) atoms. The zero-order chi connectivity index (χ0) is 13.8. The standard InChI is InChI=1S/C12H11ClN4OS/c1-7-6-10(17-16-7)14-12(19)15-11(18)8-2-4-9(13)5-3-8/h2-6H,1H3,(H3,14,15,16,17,18,19). The summed E-state index contributed by atoms with van der Waals surface area (Å²) in [5.74, 6) is 0.250. The van der Waals surface area contributed by atoms with Crippen molar-refractivity contribution in [3.8, 4) is 0 Å². The van der Waals surface area contributed by atoms with E-state index in [1.165, 1.54) is 0 Å². The number of benzene rings is 1. The van der Waals surface area contributed by atoms with Crippen molar-refractivity contribution in [2.24, 2.45) is 0 Å². The Bertz CT molecular complexity index is 608. The highest BCUT2D eigenvalue weighted by atomic mass is 35.5. The fraction of sp³-hybridized carbons (Fsp3) is 0.0833. The van der Waals surface area contributed by atoms with Gasteiger partial charge in [-0.2, -0.15) is 5.10 Å². The molecule has 2 aromatic rings. The van der Waals surface area contributed by atoms with E-state index >= 15 is 0 Å². The second kappa shape index (κ2) is 5.81. The summed E-state index contributed by atoms with van der Waals surface area (Å²) in [7, 11) is 0. The lowest BCUT2D eigenvalue weighted by atomic mass is 10.2. The van der Waals surface area contributed by atoms with Gasteiger partial charge in [0, 0.05) is 22.3 Å². The van der Waals surface area contributed by atoms with Gasteiger partial charge in [0.2, 0.25) is 0 Å². The molecule has 0 spiro atoms. The number of amides is 1. The van der Waals surface area contributed by atoms with Crippen LogP contribution in [0.15, 0.2) is 30.3 Å². The lowest BCUT2D eigenvalue weighted by Gasteiger charge is -2.07. The highest BCUT2D eigenvalue weighted by molar-refractivity contribution is 7.80. The normalized spacial score (nSPS) is 10.0. The van der Waals surface area contributed by atoms with Crippen LogP contribution in [0.5, 0.6) is 0 Å². The Balaban J connectivity index is 1.95. The van der Waals surface area contributed by atoms with Crippen LogP contribution in [0, 0.1) is 6.92 Å². The summed E-state index contributed by atoms with van der Waals surface area (Å²) in [6.45, 7) is 1.87. The number of carbonyl (C=O) groups is 1. The minimum Gasteiger partial charge on any atom is -0.316 e. The molecule has 0 fully saturated rings. The zero-order valence-electron chi connectivity index (χ0n) is 10.0. The molecular weight excluding hydrogens is 284 g/mol. The molecule has 0 aliphatic carbocycles. The summed E-state index contributed by atoms with van der Waals surface area (Å²) >= 11 is 10.8. The number of carbonyl (C=O) groups excluding carboxylic acids is 1. The van der Waals surface area contributed by atoms with E-state index in [0.717, 1.165) is 5.69 Å². The Kier molecular flexibility index (Phi) is 4.13. The van der Waals surface area contributed by atoms with Crippen molar-refractivity contribution in [3.63, 3.8) is 0 Å². The van der Waals surface area contributed by atoms with Crippen LogP contribution in [0.25, 0.3) is 0 Å². The molecule has 0 radical (unpaired) electrons. The molecule has 3 N–H and O–H groups in total. The molecule has 1 aromatic heterocycles. The smallest absolute Gasteiger partial charge is 0.257 e. The highest BCUT2D eigenvalue weighted by Crippen LogP contribution is 2.09. The molecule has 0 unspecified atom stereocenters. The maximum atomic E-state index is 11.9. The average molecular weight is 295 g/mol. The SMILES string of the molecule is Cc1cc(NC(=S)NC(=O)c2ccc(Cl)cc2)n[nH]1. The van der Waals surface area contributed by atoms with Crippen LogP contribution >= 0.6 is 23.8 Å². The van der Waals surface area contributed by atoms with Crippen molar-refractivity contribution in [1.82, 2.24) is 15.5 Å². The van der Waals surface area contributed by atoms with Gasteiger partial charge in [0.05, 0.1) is 0 Å². The molecule has 0 saturated heterocycles. The Morgan fingerprint density at radius 2 is 2.05 bits per heavy atom. The van der Waals surface area contributed by atoms with Gasteiger partial charge in [0.15, 0.2) is 10.9 Å². The summed E-state index contributed by atoms with van der Waals surface area (Å²) in [6, 6.07) is 8.31. The quantitative estimate of drug-likeness (QED) is 0.744. The molecule has 1 aromatic carbocycles. The van der Waals surface area contributed by atoms with Crippen molar-refractivity contribution in [3.05, 3.63) is 46.6 Å². The molecule has 0 bridgehead atoms. The van der Waals surface area contributed by atoms with Gasteiger partial charge in [0.1, 0.15) is 0 Å². The fourth-order valence-electron chi connectivity index (χ4n) is 1.41. The number of aryl methyl sites for hydroxylation is 1. The van der Waals surface area contributed by atoms with E-state index in [9.17, 15) is 4.79 Å². The first-order valence-corrected chi connectivity index (χ1v) is 6.23. The molecule has 0 saturated carbocycles. The first-order chi connectivity index (χ1) is 9.04. The first kappa shape index (κ1) is 13.5. The minimum absolute atomic E-state index is 0.187.